The molecule has 3 nitrogen and oxygen atoms in total. The molecule has 13 heavy (non-hydrogen) atoms. The molecule has 1 rings (SSSR count). The third-order valence-corrected chi connectivity index (χ3v) is 2.87. The molecule has 76 valence electrons. The van der Waals surface area contributed by atoms with E-state index < -0.39 is 0 Å². The highest BCUT2D eigenvalue weighted by molar-refractivity contribution is 5.83. The smallest absolute Gasteiger partial charge is 0.239 e. The molecule has 0 aromatic rings. The molecule has 0 spiro atoms. The Morgan fingerprint density at radius 3 is 2.85 bits per heavy atom. The number of nitrogens with one attached hydrogen (secondary N) is 1. The topological polar surface area (TPSA) is 32.3 Å². The maximum atomic E-state index is 11.7. The van der Waals surface area contributed by atoms with Gasteiger partial charge in [0.05, 0.1) is 6.04 Å². The lowest BCUT2D eigenvalue weighted by Crippen LogP contribution is -2.38. The molecule has 1 aliphatic rings. The van der Waals surface area contributed by atoms with E-state index in [2.05, 4.69) is 19.2 Å². The van der Waals surface area contributed by atoms with Gasteiger partial charge in [-0.3, -0.25) is 4.79 Å². The predicted octanol–water partition coefficient (Wildman–Crippen LogP) is 0.853. The Kier molecular flexibility index (Phi) is 3.72. The summed E-state index contributed by atoms with van der Waals surface area (Å²) in [6.07, 6.45) is 2.11. The van der Waals surface area contributed by atoms with Crippen LogP contribution in [0.1, 0.15) is 26.7 Å². The maximum Gasteiger partial charge on any atom is 0.239 e. The number of hydrogen-bond acceptors (Lipinski definition) is 2. The number of carbonyl (C=O) groups excluding carboxylic acids is 1. The van der Waals surface area contributed by atoms with Crippen molar-refractivity contribution >= 4 is 5.91 Å². The summed E-state index contributed by atoms with van der Waals surface area (Å²) in [5.74, 6) is 0.905. The lowest BCUT2D eigenvalue weighted by molar-refractivity contribution is -0.129. The van der Waals surface area contributed by atoms with Crippen molar-refractivity contribution in [1.29, 1.82) is 0 Å². The molecular formula is C10H20N2O. The lowest BCUT2D eigenvalue weighted by Gasteiger charge is -2.20. The van der Waals surface area contributed by atoms with Crippen LogP contribution in [-0.2, 0) is 4.79 Å². The van der Waals surface area contributed by atoms with Crippen molar-refractivity contribution < 1.29 is 4.79 Å². The SMILES string of the molecule is CCC(C)CN1CCC(NC)C1=O. The van der Waals surface area contributed by atoms with Crippen molar-refractivity contribution in [3.05, 3.63) is 0 Å². The van der Waals surface area contributed by atoms with Crippen molar-refractivity contribution in [2.45, 2.75) is 32.7 Å². The summed E-state index contributed by atoms with van der Waals surface area (Å²) in [6, 6.07) is 0.0732. The number of likely N-dealkylation sites (tertiary alicyclic amines) is 1. The Labute approximate surface area is 80.5 Å². The van der Waals surface area contributed by atoms with Gasteiger partial charge in [0.2, 0.25) is 5.91 Å². The average Bonchev–Trinajstić information content (AvgIpc) is 2.48. The molecule has 0 aromatic carbocycles. The molecule has 2 unspecified atom stereocenters. The van der Waals surface area contributed by atoms with Crippen LogP contribution < -0.4 is 5.32 Å². The molecule has 1 aliphatic heterocycles. The Morgan fingerprint density at radius 1 is 1.69 bits per heavy atom. The van der Waals surface area contributed by atoms with Gasteiger partial charge in [0.1, 0.15) is 0 Å². The van der Waals surface area contributed by atoms with E-state index in [9.17, 15) is 4.79 Å². The van der Waals surface area contributed by atoms with Crippen LogP contribution in [0.2, 0.25) is 0 Å². The zero-order valence-corrected chi connectivity index (χ0v) is 8.84. The largest absolute Gasteiger partial charge is 0.341 e. The number of amides is 1. The lowest BCUT2D eigenvalue weighted by atomic mass is 10.1. The number of likely N-dealkylation sites (N-methyl/N-ethyl adjacent to an activating group) is 1. The highest BCUT2D eigenvalue weighted by atomic mass is 16.2. The van der Waals surface area contributed by atoms with Gasteiger partial charge in [-0.2, -0.15) is 0 Å². The third-order valence-electron chi connectivity index (χ3n) is 2.87. The van der Waals surface area contributed by atoms with Crippen molar-refractivity contribution in [2.24, 2.45) is 5.92 Å². The Hall–Kier alpha value is -0.570. The molecule has 2 atom stereocenters. The van der Waals surface area contributed by atoms with E-state index in [1.807, 2.05) is 11.9 Å². The van der Waals surface area contributed by atoms with Gasteiger partial charge in [0.25, 0.3) is 0 Å². The summed E-state index contributed by atoms with van der Waals surface area (Å²) < 4.78 is 0. The summed E-state index contributed by atoms with van der Waals surface area (Å²) in [4.78, 5) is 13.6. The number of rotatable bonds is 4. The second kappa shape index (κ2) is 4.61. The van der Waals surface area contributed by atoms with Crippen molar-refractivity contribution in [3.63, 3.8) is 0 Å². The first-order chi connectivity index (χ1) is 6.19. The van der Waals surface area contributed by atoms with E-state index in [1.165, 1.54) is 0 Å². The number of nitrogens with zero attached hydrogens (tertiary/aromatic N) is 1. The molecule has 3 heteroatoms. The second-order valence-corrected chi connectivity index (χ2v) is 3.93. The van der Waals surface area contributed by atoms with E-state index in [4.69, 9.17) is 0 Å². The van der Waals surface area contributed by atoms with Crippen LogP contribution in [0, 0.1) is 5.92 Å². The average molecular weight is 184 g/mol. The van der Waals surface area contributed by atoms with Gasteiger partial charge in [-0.1, -0.05) is 20.3 Å². The fourth-order valence-electron chi connectivity index (χ4n) is 1.69. The molecule has 1 heterocycles. The van der Waals surface area contributed by atoms with Crippen LogP contribution in [0.4, 0.5) is 0 Å². The molecule has 1 amide bonds. The zero-order valence-electron chi connectivity index (χ0n) is 8.84. The predicted molar refractivity (Wildman–Crippen MR) is 53.5 cm³/mol. The molecule has 0 radical (unpaired) electrons. The van der Waals surface area contributed by atoms with Crippen LogP contribution in [0.3, 0.4) is 0 Å². The van der Waals surface area contributed by atoms with Crippen molar-refractivity contribution in [1.82, 2.24) is 10.2 Å². The molecule has 1 saturated heterocycles. The summed E-state index contributed by atoms with van der Waals surface area (Å²) in [6.45, 7) is 6.21. The first kappa shape index (κ1) is 10.5. The number of hydrogen-bond donors (Lipinski definition) is 1. The monoisotopic (exact) mass is 184 g/mol. The molecule has 0 aromatic heterocycles. The highest BCUT2D eigenvalue weighted by Crippen LogP contribution is 2.14. The van der Waals surface area contributed by atoms with Crippen LogP contribution in [0.15, 0.2) is 0 Å². The van der Waals surface area contributed by atoms with Crippen LogP contribution in [0.5, 0.6) is 0 Å². The van der Waals surface area contributed by atoms with Gasteiger partial charge in [-0.25, -0.2) is 0 Å². The first-order valence-corrected chi connectivity index (χ1v) is 5.15. The van der Waals surface area contributed by atoms with Gasteiger partial charge in [0.15, 0.2) is 0 Å². The van der Waals surface area contributed by atoms with Gasteiger partial charge in [0, 0.05) is 13.1 Å². The second-order valence-electron chi connectivity index (χ2n) is 3.93. The fourth-order valence-corrected chi connectivity index (χ4v) is 1.69. The molecule has 1 fully saturated rings. The van der Waals surface area contributed by atoms with Gasteiger partial charge < -0.3 is 10.2 Å². The van der Waals surface area contributed by atoms with Gasteiger partial charge >= 0.3 is 0 Å². The van der Waals surface area contributed by atoms with Crippen molar-refractivity contribution in [3.8, 4) is 0 Å². The number of carbonyl (C=O) groups is 1. The minimum absolute atomic E-state index is 0.0732. The van der Waals surface area contributed by atoms with E-state index in [0.717, 1.165) is 25.9 Å². The molecule has 0 saturated carbocycles. The summed E-state index contributed by atoms with van der Waals surface area (Å²) in [7, 11) is 1.86. The Balaban J connectivity index is 2.41. The summed E-state index contributed by atoms with van der Waals surface area (Å²) in [5.41, 5.74) is 0. The maximum absolute atomic E-state index is 11.7. The molecule has 0 bridgehead atoms. The normalized spacial score (nSPS) is 25.3. The van der Waals surface area contributed by atoms with Crippen LogP contribution >= 0.6 is 0 Å². The van der Waals surface area contributed by atoms with Crippen LogP contribution in [-0.4, -0.2) is 37.0 Å². The quantitative estimate of drug-likeness (QED) is 0.702. The first-order valence-electron chi connectivity index (χ1n) is 5.15. The highest BCUT2D eigenvalue weighted by Gasteiger charge is 2.30. The van der Waals surface area contributed by atoms with Crippen LogP contribution in [0.25, 0.3) is 0 Å². The fraction of sp³-hybridized carbons (Fsp3) is 0.900. The van der Waals surface area contributed by atoms with E-state index in [0.29, 0.717) is 5.92 Å². The molecule has 1 N–H and O–H groups in total. The van der Waals surface area contributed by atoms with E-state index in [-0.39, 0.29) is 11.9 Å². The Morgan fingerprint density at radius 2 is 2.38 bits per heavy atom. The summed E-state index contributed by atoms with van der Waals surface area (Å²) >= 11 is 0. The van der Waals surface area contributed by atoms with Crippen molar-refractivity contribution in [2.75, 3.05) is 20.1 Å². The summed E-state index contributed by atoms with van der Waals surface area (Å²) in [5, 5.41) is 3.04. The van der Waals surface area contributed by atoms with E-state index >= 15 is 0 Å². The third kappa shape index (κ3) is 2.44. The Bertz CT molecular complexity index is 182. The zero-order chi connectivity index (χ0) is 9.84. The minimum atomic E-state index is 0.0732. The van der Waals surface area contributed by atoms with Gasteiger partial charge in [-0.05, 0) is 19.4 Å². The molecular weight excluding hydrogens is 164 g/mol. The molecule has 0 aliphatic carbocycles. The van der Waals surface area contributed by atoms with Gasteiger partial charge in [-0.15, -0.1) is 0 Å². The van der Waals surface area contributed by atoms with E-state index in [1.54, 1.807) is 0 Å². The standard InChI is InChI=1S/C10H20N2O/c1-4-8(2)7-12-6-5-9(11-3)10(12)13/h8-9,11H,4-7H2,1-3H3. The minimum Gasteiger partial charge on any atom is -0.341 e.